The van der Waals surface area contributed by atoms with Gasteiger partial charge in [0.2, 0.25) is 5.91 Å². The summed E-state index contributed by atoms with van der Waals surface area (Å²) in [5.41, 5.74) is 2.96. The highest BCUT2D eigenvalue weighted by molar-refractivity contribution is 6.01. The Hall–Kier alpha value is -1.91. The summed E-state index contributed by atoms with van der Waals surface area (Å²) >= 11 is 0. The number of carbonyl (C=O) groups is 1. The molecule has 5 heteroatoms. The normalized spacial score (nSPS) is 24.9. The maximum absolute atomic E-state index is 12.3. The van der Waals surface area contributed by atoms with Gasteiger partial charge in [0.1, 0.15) is 17.8 Å². The van der Waals surface area contributed by atoms with Crippen LogP contribution in [0.15, 0.2) is 6.33 Å². The minimum absolute atomic E-state index is 0.125. The fourth-order valence-electron chi connectivity index (χ4n) is 3.16. The van der Waals surface area contributed by atoms with Crippen molar-refractivity contribution in [3.63, 3.8) is 0 Å². The molecule has 4 rings (SSSR count). The van der Waals surface area contributed by atoms with Gasteiger partial charge in [0.25, 0.3) is 0 Å². The number of H-pyrrole nitrogens is 1. The Bertz CT molecular complexity index is 701. The molecule has 2 atom stereocenters. The first kappa shape index (κ1) is 11.9. The van der Waals surface area contributed by atoms with E-state index in [1.54, 1.807) is 0 Å². The monoisotopic (exact) mass is 270 g/mol. The molecule has 2 fully saturated rings. The van der Waals surface area contributed by atoms with E-state index in [0.29, 0.717) is 11.7 Å². The van der Waals surface area contributed by atoms with Gasteiger partial charge in [-0.15, -0.1) is 0 Å². The topological polar surface area (TPSA) is 70.7 Å². The average Bonchev–Trinajstić information content (AvgIpc) is 3.29. The SMILES string of the molecule is Cc1[nH]c2ncnc(NC(=O)[C@@H]3C[C@H]3C3CC3)c2c1C. The van der Waals surface area contributed by atoms with Gasteiger partial charge in [-0.05, 0) is 50.5 Å². The Kier molecular flexibility index (Phi) is 2.40. The lowest BCUT2D eigenvalue weighted by molar-refractivity contribution is -0.117. The molecule has 104 valence electrons. The van der Waals surface area contributed by atoms with Crippen molar-refractivity contribution in [3.8, 4) is 0 Å². The molecule has 0 spiro atoms. The van der Waals surface area contributed by atoms with Crippen LogP contribution in [0.5, 0.6) is 0 Å². The lowest BCUT2D eigenvalue weighted by Gasteiger charge is -2.05. The zero-order valence-electron chi connectivity index (χ0n) is 11.7. The number of anilines is 1. The van der Waals surface area contributed by atoms with E-state index in [0.717, 1.165) is 34.6 Å². The van der Waals surface area contributed by atoms with Crippen LogP contribution in [0.2, 0.25) is 0 Å². The second-order valence-corrected chi connectivity index (χ2v) is 6.15. The summed E-state index contributed by atoms with van der Waals surface area (Å²) in [5.74, 6) is 2.41. The molecule has 0 saturated heterocycles. The maximum Gasteiger partial charge on any atom is 0.228 e. The standard InChI is InChI=1S/C15H18N4O/c1-7-8(2)18-13-12(7)14(17-6-16-13)19-15(20)11-5-10(11)9-3-4-9/h6,9-11H,3-5H2,1-2H3,(H2,16,17,18,19,20)/t10-,11+/m0/s1. The van der Waals surface area contributed by atoms with Crippen LogP contribution in [0.3, 0.4) is 0 Å². The van der Waals surface area contributed by atoms with Gasteiger partial charge in [0, 0.05) is 11.6 Å². The molecule has 0 unspecified atom stereocenters. The van der Waals surface area contributed by atoms with Crippen LogP contribution in [-0.2, 0) is 4.79 Å². The minimum Gasteiger partial charge on any atom is -0.343 e. The first-order valence-electron chi connectivity index (χ1n) is 7.26. The van der Waals surface area contributed by atoms with Gasteiger partial charge in [0.05, 0.1) is 5.39 Å². The number of nitrogens with zero attached hydrogens (tertiary/aromatic N) is 2. The van der Waals surface area contributed by atoms with Gasteiger partial charge in [-0.1, -0.05) is 0 Å². The van der Waals surface area contributed by atoms with E-state index < -0.39 is 0 Å². The Morgan fingerprint density at radius 2 is 2.15 bits per heavy atom. The zero-order chi connectivity index (χ0) is 13.9. The summed E-state index contributed by atoms with van der Waals surface area (Å²) in [6, 6.07) is 0. The fourth-order valence-corrected chi connectivity index (χ4v) is 3.16. The van der Waals surface area contributed by atoms with Crippen LogP contribution in [0.1, 0.15) is 30.5 Å². The number of rotatable bonds is 3. The van der Waals surface area contributed by atoms with Crippen molar-refractivity contribution in [2.24, 2.45) is 17.8 Å². The van der Waals surface area contributed by atoms with E-state index in [9.17, 15) is 4.79 Å². The van der Waals surface area contributed by atoms with Gasteiger partial charge in [0.15, 0.2) is 0 Å². The van der Waals surface area contributed by atoms with Gasteiger partial charge in [-0.25, -0.2) is 9.97 Å². The molecule has 2 aromatic heterocycles. The third kappa shape index (κ3) is 1.80. The molecule has 0 aliphatic heterocycles. The molecule has 1 amide bonds. The van der Waals surface area contributed by atoms with Crippen molar-refractivity contribution in [2.75, 3.05) is 5.32 Å². The summed E-state index contributed by atoms with van der Waals surface area (Å²) in [4.78, 5) is 24.0. The second-order valence-electron chi connectivity index (χ2n) is 6.15. The summed E-state index contributed by atoms with van der Waals surface area (Å²) in [6.07, 6.45) is 5.17. The Labute approximate surface area is 117 Å². The van der Waals surface area contributed by atoms with Crippen molar-refractivity contribution in [1.29, 1.82) is 0 Å². The smallest absolute Gasteiger partial charge is 0.228 e. The van der Waals surface area contributed by atoms with E-state index in [-0.39, 0.29) is 11.8 Å². The summed E-state index contributed by atoms with van der Waals surface area (Å²) in [6.45, 7) is 4.03. The first-order chi connectivity index (χ1) is 9.65. The van der Waals surface area contributed by atoms with E-state index in [1.165, 1.54) is 19.2 Å². The molecule has 20 heavy (non-hydrogen) atoms. The largest absolute Gasteiger partial charge is 0.343 e. The van der Waals surface area contributed by atoms with Crippen molar-refractivity contribution in [3.05, 3.63) is 17.6 Å². The lowest BCUT2D eigenvalue weighted by Crippen LogP contribution is -2.16. The number of aromatic nitrogens is 3. The molecule has 2 aliphatic carbocycles. The maximum atomic E-state index is 12.3. The van der Waals surface area contributed by atoms with E-state index in [4.69, 9.17) is 0 Å². The molecule has 0 bridgehead atoms. The number of aryl methyl sites for hydroxylation is 2. The van der Waals surface area contributed by atoms with Crippen molar-refractivity contribution >= 4 is 22.8 Å². The van der Waals surface area contributed by atoms with Crippen LogP contribution in [0.4, 0.5) is 5.82 Å². The number of nitrogens with one attached hydrogen (secondary N) is 2. The molecule has 2 aromatic rings. The third-order valence-corrected chi connectivity index (χ3v) is 4.74. The van der Waals surface area contributed by atoms with Crippen LogP contribution >= 0.6 is 0 Å². The molecule has 2 N–H and O–H groups in total. The van der Waals surface area contributed by atoms with Crippen LogP contribution in [0.25, 0.3) is 11.0 Å². The average molecular weight is 270 g/mol. The quantitative estimate of drug-likeness (QED) is 0.900. The van der Waals surface area contributed by atoms with E-state index >= 15 is 0 Å². The van der Waals surface area contributed by atoms with E-state index in [1.807, 2.05) is 13.8 Å². The third-order valence-electron chi connectivity index (χ3n) is 4.74. The zero-order valence-corrected chi connectivity index (χ0v) is 11.7. The van der Waals surface area contributed by atoms with Crippen LogP contribution < -0.4 is 5.32 Å². The van der Waals surface area contributed by atoms with E-state index in [2.05, 4.69) is 20.3 Å². The molecule has 0 radical (unpaired) electrons. The number of fused-ring (bicyclic) bond motifs is 1. The molecule has 0 aromatic carbocycles. The van der Waals surface area contributed by atoms with Crippen LogP contribution in [-0.4, -0.2) is 20.9 Å². The number of amides is 1. The lowest BCUT2D eigenvalue weighted by atomic mass is 10.2. The highest BCUT2D eigenvalue weighted by Crippen LogP contribution is 2.54. The molecular weight excluding hydrogens is 252 g/mol. The van der Waals surface area contributed by atoms with Gasteiger partial charge >= 0.3 is 0 Å². The van der Waals surface area contributed by atoms with Crippen molar-refractivity contribution < 1.29 is 4.79 Å². The number of hydrogen-bond donors (Lipinski definition) is 2. The van der Waals surface area contributed by atoms with Crippen LogP contribution in [0, 0.1) is 31.6 Å². The molecule has 2 heterocycles. The summed E-state index contributed by atoms with van der Waals surface area (Å²) in [5, 5.41) is 3.94. The summed E-state index contributed by atoms with van der Waals surface area (Å²) < 4.78 is 0. The molecule has 5 nitrogen and oxygen atoms in total. The molecule has 2 saturated carbocycles. The number of carbonyl (C=O) groups excluding carboxylic acids is 1. The fraction of sp³-hybridized carbons (Fsp3) is 0.533. The molecular formula is C15H18N4O. The minimum atomic E-state index is 0.125. The predicted octanol–water partition coefficient (Wildman–Crippen LogP) is 2.56. The Balaban J connectivity index is 1.60. The Morgan fingerprint density at radius 1 is 1.35 bits per heavy atom. The number of hydrogen-bond acceptors (Lipinski definition) is 3. The first-order valence-corrected chi connectivity index (χ1v) is 7.26. The Morgan fingerprint density at radius 3 is 2.90 bits per heavy atom. The highest BCUT2D eigenvalue weighted by Gasteiger charge is 2.51. The second kappa shape index (κ2) is 4.04. The predicted molar refractivity (Wildman–Crippen MR) is 76.3 cm³/mol. The van der Waals surface area contributed by atoms with Gasteiger partial charge in [-0.2, -0.15) is 0 Å². The highest BCUT2D eigenvalue weighted by atomic mass is 16.2. The number of aromatic amines is 1. The van der Waals surface area contributed by atoms with Crippen molar-refractivity contribution in [2.45, 2.75) is 33.1 Å². The van der Waals surface area contributed by atoms with Gasteiger partial charge in [-0.3, -0.25) is 4.79 Å². The van der Waals surface area contributed by atoms with Gasteiger partial charge < -0.3 is 10.3 Å². The van der Waals surface area contributed by atoms with Crippen molar-refractivity contribution in [1.82, 2.24) is 15.0 Å². The molecule has 2 aliphatic rings. The summed E-state index contributed by atoms with van der Waals surface area (Å²) in [7, 11) is 0.